The molecule has 0 N–H and O–H groups in total. The minimum Gasteiger partial charge on any atom is -0.545 e. The number of rotatable bonds is 54. The largest absolute Gasteiger partial charge is 0.545 e. The van der Waals surface area contributed by atoms with Crippen LogP contribution in [-0.2, 0) is 33.3 Å². The SMILES string of the molecule is CC/C=C\C/C=C\C/C=C\C/C=C\C/C=C\CCCCCCCCCCCC(=O)OC(COC(=O)CCCCCCCCCCCCCC/C=C\C/C=C\C/C=C\C/C=C\CC)COC(OCC[N+](C)(C)C)C(=O)[O-]. The van der Waals surface area contributed by atoms with Crippen LogP contribution in [0.5, 0.6) is 0 Å². The summed E-state index contributed by atoms with van der Waals surface area (Å²) in [5, 5.41) is 11.8. The zero-order valence-corrected chi connectivity index (χ0v) is 48.6. The van der Waals surface area contributed by atoms with Gasteiger partial charge in [0, 0.05) is 12.8 Å². The number of likely N-dealkylation sites (N-methyl/N-ethyl adjacent to an activating group) is 1. The Morgan fingerprint density at radius 3 is 1.07 bits per heavy atom. The lowest BCUT2D eigenvalue weighted by molar-refractivity contribution is -0.870. The number of allylic oxidation sites excluding steroid dienone is 18. The fraction of sp³-hybridized carbons (Fsp3) is 0.682. The number of esters is 2. The highest BCUT2D eigenvalue weighted by atomic mass is 16.7. The first-order valence-electron chi connectivity index (χ1n) is 30.0. The first-order chi connectivity index (χ1) is 36.6. The highest BCUT2D eigenvalue weighted by Gasteiger charge is 2.22. The molecule has 0 saturated carbocycles. The van der Waals surface area contributed by atoms with Gasteiger partial charge in [0.2, 0.25) is 0 Å². The van der Waals surface area contributed by atoms with Crippen LogP contribution in [0, 0.1) is 0 Å². The molecular weight excluding hydrogens is 935 g/mol. The van der Waals surface area contributed by atoms with Gasteiger partial charge in [-0.1, -0.05) is 232 Å². The molecule has 0 amide bonds. The fourth-order valence-corrected chi connectivity index (χ4v) is 7.97. The second-order valence-corrected chi connectivity index (χ2v) is 20.9. The molecular formula is C66H111NO8. The Balaban J connectivity index is 4.26. The summed E-state index contributed by atoms with van der Waals surface area (Å²) in [5.74, 6) is -2.30. The third-order valence-electron chi connectivity index (χ3n) is 12.5. The Labute approximate surface area is 460 Å². The number of carbonyl (C=O) groups excluding carboxylic acids is 3. The van der Waals surface area contributed by atoms with E-state index in [-0.39, 0.29) is 38.6 Å². The van der Waals surface area contributed by atoms with Gasteiger partial charge in [0.1, 0.15) is 13.2 Å². The lowest BCUT2D eigenvalue weighted by Crippen LogP contribution is -2.44. The monoisotopic (exact) mass is 1050 g/mol. The average molecular weight is 1050 g/mol. The first-order valence-corrected chi connectivity index (χ1v) is 30.0. The molecule has 9 heteroatoms. The zero-order valence-electron chi connectivity index (χ0n) is 48.6. The van der Waals surface area contributed by atoms with E-state index in [0.717, 1.165) is 103 Å². The van der Waals surface area contributed by atoms with Crippen molar-refractivity contribution >= 4 is 17.9 Å². The van der Waals surface area contributed by atoms with E-state index < -0.39 is 24.3 Å². The molecule has 0 aromatic rings. The van der Waals surface area contributed by atoms with E-state index in [4.69, 9.17) is 18.9 Å². The summed E-state index contributed by atoms with van der Waals surface area (Å²) in [6.45, 7) is 4.51. The second-order valence-electron chi connectivity index (χ2n) is 20.9. The number of quaternary nitrogens is 1. The standard InChI is InChI=1S/C66H111NO8/c1-6-8-10-12-14-16-18-20-22-24-26-28-30-32-34-36-38-40-42-44-46-48-50-52-54-56-63(68)73-60-62(61-74-66(65(70)71)72-59-58-67(3,4)5)75-64(69)57-55-53-51-49-47-45-43-41-39-37-35-33-31-29-27-25-23-21-19-17-15-13-11-9-7-2/h8-11,14-17,20-23,26-29,33,35,62,66H,6-7,12-13,18-19,24-25,30-32,34,36-61H2,1-5H3/b10-8-,11-9-,16-14-,17-15-,22-20-,23-21-,28-26-,29-27-,35-33-. The minimum absolute atomic E-state index is 0.141. The molecule has 0 aliphatic rings. The van der Waals surface area contributed by atoms with Crippen LogP contribution in [0.15, 0.2) is 109 Å². The van der Waals surface area contributed by atoms with Crippen LogP contribution < -0.4 is 5.11 Å². The maximum atomic E-state index is 12.9. The highest BCUT2D eigenvalue weighted by molar-refractivity contribution is 5.70. The van der Waals surface area contributed by atoms with Crippen LogP contribution in [0.2, 0.25) is 0 Å². The molecule has 0 saturated heterocycles. The molecule has 0 bridgehead atoms. The third-order valence-corrected chi connectivity index (χ3v) is 12.5. The smallest absolute Gasteiger partial charge is 0.306 e. The fourth-order valence-electron chi connectivity index (χ4n) is 7.97. The summed E-state index contributed by atoms with van der Waals surface area (Å²) >= 11 is 0. The van der Waals surface area contributed by atoms with E-state index in [1.807, 2.05) is 21.1 Å². The van der Waals surface area contributed by atoms with Crippen molar-refractivity contribution in [3.8, 4) is 0 Å². The van der Waals surface area contributed by atoms with Gasteiger partial charge in [-0.05, 0) is 96.3 Å². The van der Waals surface area contributed by atoms with Gasteiger partial charge in [-0.25, -0.2) is 0 Å². The van der Waals surface area contributed by atoms with Crippen molar-refractivity contribution in [1.29, 1.82) is 0 Å². The Morgan fingerprint density at radius 2 is 0.720 bits per heavy atom. The molecule has 0 radical (unpaired) electrons. The van der Waals surface area contributed by atoms with Crippen molar-refractivity contribution in [2.24, 2.45) is 0 Å². The van der Waals surface area contributed by atoms with Crippen LogP contribution in [0.1, 0.15) is 232 Å². The first kappa shape index (κ1) is 71.0. The second kappa shape index (κ2) is 56.2. The average Bonchev–Trinajstić information content (AvgIpc) is 3.38. The van der Waals surface area contributed by atoms with Crippen molar-refractivity contribution in [3.05, 3.63) is 109 Å². The molecule has 0 spiro atoms. The summed E-state index contributed by atoms with van der Waals surface area (Å²) in [6.07, 6.45) is 74.2. The Hall–Kier alpha value is -4.05. The van der Waals surface area contributed by atoms with Gasteiger partial charge in [0.25, 0.3) is 0 Å². The van der Waals surface area contributed by atoms with Crippen molar-refractivity contribution < 1.29 is 42.9 Å². The molecule has 428 valence electrons. The number of nitrogens with zero attached hydrogens (tertiary/aromatic N) is 1. The highest BCUT2D eigenvalue weighted by Crippen LogP contribution is 2.16. The lowest BCUT2D eigenvalue weighted by atomic mass is 10.0. The van der Waals surface area contributed by atoms with Crippen LogP contribution >= 0.6 is 0 Å². The van der Waals surface area contributed by atoms with Crippen molar-refractivity contribution in [2.45, 2.75) is 245 Å². The molecule has 2 unspecified atom stereocenters. The Bertz CT molecular complexity index is 1590. The molecule has 2 atom stereocenters. The normalized spacial score (nSPS) is 13.6. The van der Waals surface area contributed by atoms with Crippen molar-refractivity contribution in [3.63, 3.8) is 0 Å². The predicted octanol–water partition coefficient (Wildman–Crippen LogP) is 16.6. The predicted molar refractivity (Wildman–Crippen MR) is 315 cm³/mol. The molecule has 0 aromatic carbocycles. The quantitative estimate of drug-likeness (QED) is 0.0195. The molecule has 0 rings (SSSR count). The molecule has 0 aromatic heterocycles. The van der Waals surface area contributed by atoms with E-state index in [0.29, 0.717) is 17.4 Å². The van der Waals surface area contributed by atoms with Crippen LogP contribution in [0.3, 0.4) is 0 Å². The summed E-state index contributed by atoms with van der Waals surface area (Å²) < 4.78 is 22.7. The molecule has 0 heterocycles. The Kier molecular flexibility index (Phi) is 53.1. The van der Waals surface area contributed by atoms with Crippen molar-refractivity contribution in [2.75, 3.05) is 47.5 Å². The van der Waals surface area contributed by atoms with E-state index in [1.165, 1.54) is 96.3 Å². The number of aliphatic carboxylic acids is 1. The molecule has 9 nitrogen and oxygen atoms in total. The van der Waals surface area contributed by atoms with Gasteiger partial charge in [0.05, 0.1) is 40.3 Å². The number of hydrogen-bond donors (Lipinski definition) is 0. The maximum Gasteiger partial charge on any atom is 0.306 e. The van der Waals surface area contributed by atoms with Crippen LogP contribution in [0.4, 0.5) is 0 Å². The number of carboxylic acids is 1. The van der Waals surface area contributed by atoms with Crippen LogP contribution in [-0.4, -0.2) is 82.3 Å². The van der Waals surface area contributed by atoms with Gasteiger partial charge in [-0.3, -0.25) is 9.59 Å². The molecule has 75 heavy (non-hydrogen) atoms. The van der Waals surface area contributed by atoms with E-state index in [9.17, 15) is 19.5 Å². The van der Waals surface area contributed by atoms with E-state index >= 15 is 0 Å². The maximum absolute atomic E-state index is 12.9. The molecule has 0 fully saturated rings. The zero-order chi connectivity index (χ0) is 54.8. The number of hydrogen-bond acceptors (Lipinski definition) is 8. The van der Waals surface area contributed by atoms with Gasteiger partial charge in [-0.15, -0.1) is 0 Å². The number of unbranched alkanes of at least 4 members (excludes halogenated alkanes) is 21. The van der Waals surface area contributed by atoms with Crippen LogP contribution in [0.25, 0.3) is 0 Å². The van der Waals surface area contributed by atoms with Gasteiger partial charge < -0.3 is 33.3 Å². The summed E-state index contributed by atoms with van der Waals surface area (Å²) in [7, 11) is 5.91. The van der Waals surface area contributed by atoms with E-state index in [1.54, 1.807) is 0 Å². The molecule has 0 aliphatic heterocycles. The van der Waals surface area contributed by atoms with Gasteiger partial charge in [0.15, 0.2) is 12.4 Å². The molecule has 0 aliphatic carbocycles. The number of ether oxygens (including phenoxy) is 4. The van der Waals surface area contributed by atoms with E-state index in [2.05, 4.69) is 123 Å². The third kappa shape index (κ3) is 57.5. The topological polar surface area (TPSA) is 111 Å². The number of carboxylic acid groups (broad SMARTS) is 1. The van der Waals surface area contributed by atoms with Crippen molar-refractivity contribution in [1.82, 2.24) is 0 Å². The Morgan fingerprint density at radius 1 is 0.400 bits per heavy atom. The summed E-state index contributed by atoms with van der Waals surface area (Å²) in [5.41, 5.74) is 0. The van der Waals surface area contributed by atoms with Gasteiger partial charge in [-0.2, -0.15) is 0 Å². The number of carbonyl (C=O) groups is 3. The summed E-state index contributed by atoms with van der Waals surface area (Å²) in [4.78, 5) is 37.4. The minimum atomic E-state index is -1.63. The summed E-state index contributed by atoms with van der Waals surface area (Å²) in [6, 6.07) is 0. The lowest BCUT2D eigenvalue weighted by Gasteiger charge is -2.26. The van der Waals surface area contributed by atoms with Gasteiger partial charge >= 0.3 is 11.9 Å².